The molecule has 0 aliphatic rings. The van der Waals surface area contributed by atoms with E-state index in [0.29, 0.717) is 0 Å². The van der Waals surface area contributed by atoms with Crippen LogP contribution in [0.25, 0.3) is 0 Å². The van der Waals surface area contributed by atoms with Gasteiger partial charge in [0.15, 0.2) is 5.78 Å². The van der Waals surface area contributed by atoms with Crippen molar-refractivity contribution >= 4 is 21.7 Å². The number of benzene rings is 1. The van der Waals surface area contributed by atoms with Gasteiger partial charge < -0.3 is 9.47 Å². The molecule has 0 saturated carbocycles. The van der Waals surface area contributed by atoms with Crippen LogP contribution < -0.4 is 9.47 Å². The Labute approximate surface area is 110 Å². The van der Waals surface area contributed by atoms with E-state index in [9.17, 15) is 18.0 Å². The number of carbonyl (C=O) groups is 1. The predicted molar refractivity (Wildman–Crippen MR) is 62.4 cm³/mol. The first-order valence-electron chi connectivity index (χ1n) is 4.99. The first-order valence-corrected chi connectivity index (χ1v) is 6.11. The van der Waals surface area contributed by atoms with Gasteiger partial charge in [0.05, 0.1) is 17.5 Å². The molecule has 0 heterocycles. The van der Waals surface area contributed by atoms with Crippen LogP contribution in [0.3, 0.4) is 0 Å². The van der Waals surface area contributed by atoms with E-state index in [1.54, 1.807) is 6.92 Å². The minimum absolute atomic E-state index is 0.0621. The zero-order valence-electron chi connectivity index (χ0n) is 9.38. The predicted octanol–water partition coefficient (Wildman–Crippen LogP) is 3.56. The molecule has 7 heteroatoms. The molecule has 0 aromatic heterocycles. The van der Waals surface area contributed by atoms with E-state index in [2.05, 4.69) is 20.7 Å². The molecule has 0 atom stereocenters. The summed E-state index contributed by atoms with van der Waals surface area (Å²) in [7, 11) is 0. The molecular formula is C11H10BrF3O3. The minimum Gasteiger partial charge on any atom is -0.493 e. The maximum absolute atomic E-state index is 12.0. The number of hydrogen-bond acceptors (Lipinski definition) is 3. The van der Waals surface area contributed by atoms with Crippen LogP contribution in [0.5, 0.6) is 11.5 Å². The Hall–Kier alpha value is -1.24. The van der Waals surface area contributed by atoms with Crippen molar-refractivity contribution in [1.29, 1.82) is 0 Å². The molecule has 0 spiro atoms. The summed E-state index contributed by atoms with van der Waals surface area (Å²) >= 11 is 2.99. The highest BCUT2D eigenvalue weighted by Gasteiger charge is 2.31. The van der Waals surface area contributed by atoms with Crippen molar-refractivity contribution in [3.05, 3.63) is 23.8 Å². The Morgan fingerprint density at radius 2 is 2.06 bits per heavy atom. The smallest absolute Gasteiger partial charge is 0.493 e. The van der Waals surface area contributed by atoms with Crippen LogP contribution >= 0.6 is 15.9 Å². The van der Waals surface area contributed by atoms with Crippen molar-refractivity contribution in [3.8, 4) is 11.5 Å². The lowest BCUT2D eigenvalue weighted by Crippen LogP contribution is -2.17. The van der Waals surface area contributed by atoms with Crippen LogP contribution in [0.15, 0.2) is 18.2 Å². The summed E-state index contributed by atoms with van der Waals surface area (Å²) in [4.78, 5) is 11.5. The molecule has 0 unspecified atom stereocenters. The summed E-state index contributed by atoms with van der Waals surface area (Å²) in [5.74, 6) is -0.627. The molecule has 0 amide bonds. The molecule has 0 bridgehead atoms. The second-order valence-corrected chi connectivity index (χ2v) is 3.76. The van der Waals surface area contributed by atoms with E-state index in [1.807, 2.05) is 0 Å². The summed E-state index contributed by atoms with van der Waals surface area (Å²) in [6.45, 7) is 1.90. The van der Waals surface area contributed by atoms with Gasteiger partial charge in [0.25, 0.3) is 0 Å². The summed E-state index contributed by atoms with van der Waals surface area (Å²) in [5.41, 5.74) is 0.211. The number of halogens is 4. The van der Waals surface area contributed by atoms with E-state index in [0.717, 1.165) is 12.1 Å². The van der Waals surface area contributed by atoms with Gasteiger partial charge in [-0.25, -0.2) is 0 Å². The van der Waals surface area contributed by atoms with Gasteiger partial charge in [-0.1, -0.05) is 15.9 Å². The lowest BCUT2D eigenvalue weighted by Gasteiger charge is -2.13. The third-order valence-electron chi connectivity index (χ3n) is 1.91. The van der Waals surface area contributed by atoms with Crippen molar-refractivity contribution in [1.82, 2.24) is 0 Å². The molecule has 3 nitrogen and oxygen atoms in total. The molecule has 0 saturated heterocycles. The Balaban J connectivity index is 3.06. The Kier molecular flexibility index (Phi) is 5.01. The fourth-order valence-corrected chi connectivity index (χ4v) is 1.58. The van der Waals surface area contributed by atoms with Crippen molar-refractivity contribution in [2.24, 2.45) is 0 Å². The molecule has 1 aromatic carbocycles. The number of hydrogen-bond donors (Lipinski definition) is 0. The maximum Gasteiger partial charge on any atom is 0.573 e. The Morgan fingerprint density at radius 1 is 1.39 bits per heavy atom. The highest BCUT2D eigenvalue weighted by atomic mass is 79.9. The topological polar surface area (TPSA) is 35.5 Å². The first-order chi connectivity index (χ1) is 8.37. The van der Waals surface area contributed by atoms with Crippen LogP contribution in [0.1, 0.15) is 17.3 Å². The molecule has 1 rings (SSSR count). The molecule has 1 aromatic rings. The second-order valence-electron chi connectivity index (χ2n) is 3.20. The first kappa shape index (κ1) is 14.8. The fraction of sp³-hybridized carbons (Fsp3) is 0.364. The third kappa shape index (κ3) is 4.21. The normalized spacial score (nSPS) is 11.2. The van der Waals surface area contributed by atoms with Gasteiger partial charge in [-0.05, 0) is 19.1 Å². The van der Waals surface area contributed by atoms with Gasteiger partial charge in [0.1, 0.15) is 11.5 Å². The van der Waals surface area contributed by atoms with E-state index in [1.165, 1.54) is 6.07 Å². The minimum atomic E-state index is -4.77. The highest BCUT2D eigenvalue weighted by Crippen LogP contribution is 2.29. The zero-order valence-corrected chi connectivity index (χ0v) is 11.0. The summed E-state index contributed by atoms with van der Waals surface area (Å²) in [6, 6.07) is 3.37. The van der Waals surface area contributed by atoms with Crippen LogP contribution in [0.2, 0.25) is 0 Å². The van der Waals surface area contributed by atoms with Crippen molar-refractivity contribution in [3.63, 3.8) is 0 Å². The van der Waals surface area contributed by atoms with E-state index in [-0.39, 0.29) is 29.0 Å². The van der Waals surface area contributed by atoms with E-state index in [4.69, 9.17) is 4.74 Å². The molecule has 0 radical (unpaired) electrons. The number of alkyl halides is 4. The van der Waals surface area contributed by atoms with Crippen molar-refractivity contribution < 1.29 is 27.4 Å². The van der Waals surface area contributed by atoms with Crippen LogP contribution in [-0.4, -0.2) is 24.1 Å². The molecule has 100 valence electrons. The maximum atomic E-state index is 12.0. The van der Waals surface area contributed by atoms with Gasteiger partial charge in [-0.3, -0.25) is 4.79 Å². The van der Waals surface area contributed by atoms with Crippen LogP contribution in [-0.2, 0) is 0 Å². The molecular weight excluding hydrogens is 317 g/mol. The van der Waals surface area contributed by atoms with Gasteiger partial charge >= 0.3 is 6.36 Å². The SMILES string of the molecule is CCOc1cc(OC(F)(F)F)ccc1C(=O)CBr. The van der Waals surface area contributed by atoms with Gasteiger partial charge in [0, 0.05) is 6.07 Å². The molecule has 0 N–H and O–H groups in total. The molecule has 18 heavy (non-hydrogen) atoms. The number of ketones is 1. The number of rotatable bonds is 5. The largest absolute Gasteiger partial charge is 0.573 e. The second kappa shape index (κ2) is 6.08. The number of carbonyl (C=O) groups excluding carboxylic acids is 1. The standard InChI is InChI=1S/C11H10BrF3O3/c1-2-17-10-5-7(18-11(13,14)15)3-4-8(10)9(16)6-12/h3-5H,2,6H2,1H3. The van der Waals surface area contributed by atoms with Crippen molar-refractivity contribution in [2.45, 2.75) is 13.3 Å². The summed E-state index contributed by atoms with van der Waals surface area (Å²) in [6.07, 6.45) is -4.77. The fourth-order valence-electron chi connectivity index (χ4n) is 1.28. The average molecular weight is 327 g/mol. The van der Waals surface area contributed by atoms with Gasteiger partial charge in [-0.15, -0.1) is 13.2 Å². The average Bonchev–Trinajstić information content (AvgIpc) is 2.27. The van der Waals surface area contributed by atoms with Gasteiger partial charge in [0.2, 0.25) is 0 Å². The molecule has 0 aliphatic carbocycles. The lowest BCUT2D eigenvalue weighted by atomic mass is 10.1. The monoisotopic (exact) mass is 326 g/mol. The number of Topliss-reactive ketones (excluding diaryl/α,β-unsaturated/α-hetero) is 1. The van der Waals surface area contributed by atoms with Gasteiger partial charge in [-0.2, -0.15) is 0 Å². The van der Waals surface area contributed by atoms with Crippen LogP contribution in [0.4, 0.5) is 13.2 Å². The quantitative estimate of drug-likeness (QED) is 0.613. The highest BCUT2D eigenvalue weighted by molar-refractivity contribution is 9.09. The molecule has 0 fully saturated rings. The zero-order chi connectivity index (χ0) is 13.8. The third-order valence-corrected chi connectivity index (χ3v) is 2.42. The summed E-state index contributed by atoms with van der Waals surface area (Å²) in [5, 5.41) is 0.0621. The molecule has 0 aliphatic heterocycles. The Morgan fingerprint density at radius 3 is 2.56 bits per heavy atom. The Bertz CT molecular complexity index is 432. The van der Waals surface area contributed by atoms with Crippen LogP contribution in [0, 0.1) is 0 Å². The van der Waals surface area contributed by atoms with E-state index >= 15 is 0 Å². The summed E-state index contributed by atoms with van der Waals surface area (Å²) < 4.78 is 45.0. The van der Waals surface area contributed by atoms with E-state index < -0.39 is 12.1 Å². The van der Waals surface area contributed by atoms with Crippen molar-refractivity contribution in [2.75, 3.05) is 11.9 Å². The lowest BCUT2D eigenvalue weighted by molar-refractivity contribution is -0.274. The number of ether oxygens (including phenoxy) is 2.